The third kappa shape index (κ3) is 3.13. The quantitative estimate of drug-likeness (QED) is 0.636. The van der Waals surface area contributed by atoms with Gasteiger partial charge in [-0.1, -0.05) is 12.2 Å². The maximum Gasteiger partial charge on any atom is 0.0733 e. The van der Waals surface area contributed by atoms with Gasteiger partial charge in [-0.15, -0.1) is 0 Å². The van der Waals surface area contributed by atoms with Gasteiger partial charge in [-0.05, 0) is 31.1 Å². The van der Waals surface area contributed by atoms with Gasteiger partial charge in [-0.25, -0.2) is 0 Å². The summed E-state index contributed by atoms with van der Waals surface area (Å²) >= 11 is 4.99. The van der Waals surface area contributed by atoms with Crippen LogP contribution in [0.4, 0.5) is 0 Å². The maximum atomic E-state index is 9.02. The topological polar surface area (TPSA) is 49.5 Å². The van der Waals surface area contributed by atoms with Crippen molar-refractivity contribution in [1.29, 1.82) is 0 Å². The number of nitrogens with two attached hydrogens (primary N) is 1. The smallest absolute Gasteiger partial charge is 0.0733 e. The average molecular weight is 228 g/mol. The Morgan fingerprint density at radius 3 is 2.53 bits per heavy atom. The summed E-state index contributed by atoms with van der Waals surface area (Å²) < 4.78 is 0. The molecule has 0 aromatic carbocycles. The lowest BCUT2D eigenvalue weighted by Gasteiger charge is -2.26. The van der Waals surface area contributed by atoms with Gasteiger partial charge in [-0.3, -0.25) is 4.90 Å². The molecule has 0 spiro atoms. The minimum Gasteiger partial charge on any atom is -0.395 e. The summed E-state index contributed by atoms with van der Waals surface area (Å²) in [6, 6.07) is 0.723. The first-order chi connectivity index (χ1) is 7.15. The molecule has 2 aliphatic carbocycles. The SMILES string of the molecule is NC(=S)CC1(CN(CCO)C2CC2)CC1. The molecule has 0 atom stereocenters. The molecule has 0 aliphatic heterocycles. The average Bonchev–Trinajstić information content (AvgIpc) is 2.95. The molecule has 86 valence electrons. The summed E-state index contributed by atoms with van der Waals surface area (Å²) in [4.78, 5) is 3.07. The first-order valence-electron chi connectivity index (χ1n) is 5.78. The zero-order valence-corrected chi connectivity index (χ0v) is 9.93. The van der Waals surface area contributed by atoms with Crippen LogP contribution in [0.25, 0.3) is 0 Å². The predicted octanol–water partition coefficient (Wildman–Crippen LogP) is 0.899. The second kappa shape index (κ2) is 4.36. The number of hydrogen-bond donors (Lipinski definition) is 2. The number of rotatable bonds is 7. The number of aliphatic hydroxyl groups excluding tert-OH is 1. The van der Waals surface area contributed by atoms with Gasteiger partial charge in [0.05, 0.1) is 11.6 Å². The van der Waals surface area contributed by atoms with E-state index in [0.717, 1.165) is 25.6 Å². The van der Waals surface area contributed by atoms with Gasteiger partial charge >= 0.3 is 0 Å². The molecule has 0 aromatic heterocycles. The molecule has 0 saturated heterocycles. The Labute approximate surface area is 96.6 Å². The zero-order chi connectivity index (χ0) is 10.9. The van der Waals surface area contributed by atoms with Gasteiger partial charge in [0.15, 0.2) is 0 Å². The molecule has 3 nitrogen and oxygen atoms in total. The van der Waals surface area contributed by atoms with Crippen LogP contribution in [-0.4, -0.2) is 40.7 Å². The summed E-state index contributed by atoms with van der Waals surface area (Å²) in [5, 5.41) is 9.02. The third-order valence-electron chi connectivity index (χ3n) is 3.50. The maximum absolute atomic E-state index is 9.02. The molecule has 2 aliphatic rings. The van der Waals surface area contributed by atoms with Crippen LogP contribution in [0.3, 0.4) is 0 Å². The number of thiocarbonyl (C=S) groups is 1. The van der Waals surface area contributed by atoms with Crippen molar-refractivity contribution in [1.82, 2.24) is 4.90 Å². The molecule has 0 radical (unpaired) electrons. The van der Waals surface area contributed by atoms with E-state index in [4.69, 9.17) is 23.1 Å². The Balaban J connectivity index is 1.85. The van der Waals surface area contributed by atoms with E-state index in [1.165, 1.54) is 25.7 Å². The fourth-order valence-corrected chi connectivity index (χ4v) is 2.63. The third-order valence-corrected chi connectivity index (χ3v) is 3.64. The van der Waals surface area contributed by atoms with E-state index in [-0.39, 0.29) is 6.61 Å². The summed E-state index contributed by atoms with van der Waals surface area (Å²) in [6.07, 6.45) is 5.97. The van der Waals surface area contributed by atoms with Crippen LogP contribution < -0.4 is 5.73 Å². The molecule has 15 heavy (non-hydrogen) atoms. The molecule has 2 fully saturated rings. The Hall–Kier alpha value is -0.190. The molecule has 0 aromatic rings. The number of aliphatic hydroxyl groups is 1. The summed E-state index contributed by atoms with van der Waals surface area (Å²) in [7, 11) is 0. The number of hydrogen-bond acceptors (Lipinski definition) is 3. The van der Waals surface area contributed by atoms with Crippen molar-refractivity contribution >= 4 is 17.2 Å². The second-order valence-electron chi connectivity index (χ2n) is 5.07. The van der Waals surface area contributed by atoms with Crippen molar-refractivity contribution in [3.05, 3.63) is 0 Å². The summed E-state index contributed by atoms with van der Waals surface area (Å²) in [5.41, 5.74) is 5.99. The normalized spacial score (nSPS) is 23.1. The molecule has 3 N–H and O–H groups in total. The van der Waals surface area contributed by atoms with E-state index in [1.807, 2.05) is 0 Å². The highest BCUT2D eigenvalue weighted by atomic mass is 32.1. The van der Waals surface area contributed by atoms with E-state index < -0.39 is 0 Å². The van der Waals surface area contributed by atoms with Gasteiger partial charge in [-0.2, -0.15) is 0 Å². The van der Waals surface area contributed by atoms with Gasteiger partial charge in [0, 0.05) is 25.6 Å². The molecule has 0 bridgehead atoms. The molecule has 0 heterocycles. The van der Waals surface area contributed by atoms with E-state index in [1.54, 1.807) is 0 Å². The molecule has 2 rings (SSSR count). The van der Waals surface area contributed by atoms with Crippen LogP contribution in [0, 0.1) is 5.41 Å². The van der Waals surface area contributed by atoms with E-state index in [0.29, 0.717) is 10.4 Å². The summed E-state index contributed by atoms with van der Waals surface area (Å²) in [6.45, 7) is 2.15. The van der Waals surface area contributed by atoms with Crippen molar-refractivity contribution in [2.75, 3.05) is 19.7 Å². The van der Waals surface area contributed by atoms with E-state index in [9.17, 15) is 0 Å². The van der Waals surface area contributed by atoms with Gasteiger partial charge in [0.2, 0.25) is 0 Å². The monoisotopic (exact) mass is 228 g/mol. The molecule has 4 heteroatoms. The van der Waals surface area contributed by atoms with E-state index in [2.05, 4.69) is 4.90 Å². The van der Waals surface area contributed by atoms with Gasteiger partial charge in [0.25, 0.3) is 0 Å². The lowest BCUT2D eigenvalue weighted by Crippen LogP contribution is -2.36. The minimum absolute atomic E-state index is 0.264. The van der Waals surface area contributed by atoms with Crippen LogP contribution in [-0.2, 0) is 0 Å². The fourth-order valence-electron chi connectivity index (χ4n) is 2.33. The van der Waals surface area contributed by atoms with Crippen LogP contribution in [0.1, 0.15) is 32.1 Å². The lowest BCUT2D eigenvalue weighted by atomic mass is 10.0. The van der Waals surface area contributed by atoms with Crippen molar-refractivity contribution in [2.24, 2.45) is 11.1 Å². The molecule has 0 unspecified atom stereocenters. The molecule has 2 saturated carbocycles. The second-order valence-corrected chi connectivity index (χ2v) is 5.59. The largest absolute Gasteiger partial charge is 0.395 e. The van der Waals surface area contributed by atoms with Crippen LogP contribution in [0.15, 0.2) is 0 Å². The molecular formula is C11H20N2OS. The van der Waals surface area contributed by atoms with Crippen molar-refractivity contribution in [2.45, 2.75) is 38.1 Å². The zero-order valence-electron chi connectivity index (χ0n) is 9.11. The Morgan fingerprint density at radius 1 is 1.47 bits per heavy atom. The van der Waals surface area contributed by atoms with Crippen molar-refractivity contribution < 1.29 is 5.11 Å². The van der Waals surface area contributed by atoms with Crippen LogP contribution in [0.5, 0.6) is 0 Å². The Morgan fingerprint density at radius 2 is 2.13 bits per heavy atom. The fraction of sp³-hybridized carbons (Fsp3) is 0.909. The lowest BCUT2D eigenvalue weighted by molar-refractivity contribution is 0.163. The standard InChI is InChI=1S/C11H20N2OS/c12-10(15)7-11(3-4-11)8-13(5-6-14)9-1-2-9/h9,14H,1-8H2,(H2,12,15). The number of nitrogens with zero attached hydrogens (tertiary/aromatic N) is 1. The van der Waals surface area contributed by atoms with Gasteiger partial charge in [0.1, 0.15) is 0 Å². The van der Waals surface area contributed by atoms with Crippen LogP contribution in [0.2, 0.25) is 0 Å². The van der Waals surface area contributed by atoms with Crippen molar-refractivity contribution in [3.63, 3.8) is 0 Å². The Kier molecular flexibility index (Phi) is 3.28. The summed E-state index contributed by atoms with van der Waals surface area (Å²) in [5.74, 6) is 0. The predicted molar refractivity (Wildman–Crippen MR) is 64.8 cm³/mol. The van der Waals surface area contributed by atoms with Gasteiger partial charge < -0.3 is 10.8 Å². The van der Waals surface area contributed by atoms with E-state index >= 15 is 0 Å². The molecule has 0 amide bonds. The highest BCUT2D eigenvalue weighted by Crippen LogP contribution is 2.50. The highest BCUT2D eigenvalue weighted by Gasteiger charge is 2.46. The first kappa shape index (κ1) is 11.3. The van der Waals surface area contributed by atoms with Crippen molar-refractivity contribution in [3.8, 4) is 0 Å². The molecular weight excluding hydrogens is 208 g/mol. The Bertz CT molecular complexity index is 249. The minimum atomic E-state index is 0.264. The van der Waals surface area contributed by atoms with Crippen LogP contribution >= 0.6 is 12.2 Å². The first-order valence-corrected chi connectivity index (χ1v) is 6.19. The highest BCUT2D eigenvalue weighted by molar-refractivity contribution is 7.80.